The van der Waals surface area contributed by atoms with Gasteiger partial charge in [-0.1, -0.05) is 0 Å². The number of Topliss-reactive ketones (excluding diaryl/α,β-unsaturated/α-hetero) is 2. The topological polar surface area (TPSA) is 90.6 Å². The van der Waals surface area contributed by atoms with Crippen LogP contribution in [0.25, 0.3) is 5.41 Å². The Hall–Kier alpha value is -2.25. The van der Waals surface area contributed by atoms with E-state index in [9.17, 15) is 31.2 Å². The Bertz CT molecular complexity index is 876. The summed E-state index contributed by atoms with van der Waals surface area (Å²) in [5.74, 6) is -0.897. The van der Waals surface area contributed by atoms with Gasteiger partial charge in [0.1, 0.15) is 0 Å². The van der Waals surface area contributed by atoms with Gasteiger partial charge in [0, 0.05) is 17.7 Å². The Morgan fingerprint density at radius 1 is 1.25 bits per heavy atom. The van der Waals surface area contributed by atoms with Crippen molar-refractivity contribution in [3.05, 3.63) is 40.3 Å². The Morgan fingerprint density at radius 3 is 2.25 bits per heavy atom. The molecule has 0 aliphatic heterocycles. The van der Waals surface area contributed by atoms with Crippen LogP contribution in [0.4, 0.5) is 13.2 Å². The Balaban J connectivity index is 2.59. The van der Waals surface area contributed by atoms with E-state index in [-0.39, 0.29) is 0 Å². The average molecular weight is 358 g/mol. The molecule has 128 valence electrons. The van der Waals surface area contributed by atoms with Crippen LogP contribution in [0.3, 0.4) is 0 Å². The molecule has 0 unspecified atom stereocenters. The highest BCUT2D eigenvalue weighted by molar-refractivity contribution is 7.90. The van der Waals surface area contributed by atoms with E-state index in [0.717, 1.165) is 0 Å². The second-order valence-corrected chi connectivity index (χ2v) is 7.42. The molecule has 0 spiro atoms. The van der Waals surface area contributed by atoms with Crippen molar-refractivity contribution in [2.75, 3.05) is 6.26 Å². The lowest BCUT2D eigenvalue weighted by Gasteiger charge is -2.12. The molecule has 9 heteroatoms. The highest BCUT2D eigenvalue weighted by atomic mass is 32.2. The van der Waals surface area contributed by atoms with Gasteiger partial charge in [-0.15, -0.1) is 0 Å². The molecule has 2 rings (SSSR count). The number of nitrogens with zero attached hydrogens (tertiary/aromatic N) is 1. The number of rotatable bonds is 5. The van der Waals surface area contributed by atoms with E-state index in [2.05, 4.69) is 0 Å². The minimum Gasteiger partial charge on any atom is -0.763 e. The number of halogens is 3. The first kappa shape index (κ1) is 18.1. The van der Waals surface area contributed by atoms with Crippen LogP contribution in [-0.2, 0) is 20.8 Å². The number of sulfone groups is 1. The summed E-state index contributed by atoms with van der Waals surface area (Å²) in [6.45, 7) is 0. The van der Waals surface area contributed by atoms with E-state index in [1.165, 1.54) is 5.87 Å². The molecule has 1 aliphatic rings. The maximum absolute atomic E-state index is 12.8. The maximum Gasteiger partial charge on any atom is 0.416 e. The van der Waals surface area contributed by atoms with Crippen LogP contribution in [0.1, 0.15) is 28.8 Å². The third kappa shape index (κ3) is 3.63. The summed E-state index contributed by atoms with van der Waals surface area (Å²) in [7, 11) is -4.19. The molecular weight excluding hydrogens is 347 g/mol. The molecule has 1 aliphatic carbocycles. The summed E-state index contributed by atoms with van der Waals surface area (Å²) in [6, 6.07) is 1.55. The zero-order valence-electron chi connectivity index (χ0n) is 12.3. The largest absolute Gasteiger partial charge is 0.763 e. The monoisotopic (exact) mass is 358 g/mol. The summed E-state index contributed by atoms with van der Waals surface area (Å²) in [5.41, 5.74) is -2.62. The second kappa shape index (κ2) is 5.99. The standard InChI is InChI=1S/C15H11F3NO4S/c1-24(22,23)12-6-9(15(16,17)18)4-5-10(12)14(21)11(7-19)13(20)8-2-3-8/h4-6,8H,2-3H2,1H3/q-1. The zero-order chi connectivity index (χ0) is 18.3. The number of alkyl halides is 3. The van der Waals surface area contributed by atoms with Crippen LogP contribution in [-0.4, -0.2) is 32.1 Å². The van der Waals surface area contributed by atoms with Gasteiger partial charge in [-0.05, 0) is 31.0 Å². The van der Waals surface area contributed by atoms with Gasteiger partial charge in [0.25, 0.3) is 0 Å². The summed E-state index contributed by atoms with van der Waals surface area (Å²) in [6.07, 6.45) is -3.12. The van der Waals surface area contributed by atoms with Crippen molar-refractivity contribution >= 4 is 27.3 Å². The maximum atomic E-state index is 12.8. The first-order valence-electron chi connectivity index (χ1n) is 6.74. The summed E-state index contributed by atoms with van der Waals surface area (Å²) < 4.78 is 61.8. The Kier molecular flexibility index (Phi) is 4.52. The van der Waals surface area contributed by atoms with Crippen LogP contribution in [0, 0.1) is 5.92 Å². The van der Waals surface area contributed by atoms with Crippen molar-refractivity contribution in [2.45, 2.75) is 23.9 Å². The molecule has 0 saturated heterocycles. The van der Waals surface area contributed by atoms with Crippen molar-refractivity contribution in [3.63, 3.8) is 0 Å². The van der Waals surface area contributed by atoms with Crippen LogP contribution in [0.2, 0.25) is 0 Å². The van der Waals surface area contributed by atoms with Crippen LogP contribution in [0.15, 0.2) is 28.7 Å². The Morgan fingerprint density at radius 2 is 1.83 bits per heavy atom. The zero-order valence-corrected chi connectivity index (χ0v) is 13.2. The van der Waals surface area contributed by atoms with Crippen molar-refractivity contribution in [2.24, 2.45) is 5.92 Å². The van der Waals surface area contributed by atoms with E-state index < -0.39 is 55.1 Å². The van der Waals surface area contributed by atoms with Gasteiger partial charge in [-0.2, -0.15) is 13.2 Å². The van der Waals surface area contributed by atoms with Gasteiger partial charge >= 0.3 is 6.18 Å². The lowest BCUT2D eigenvalue weighted by atomic mass is 9.98. The normalized spacial score (nSPS) is 14.8. The number of carbonyl (C=O) groups is 2. The Labute approximate surface area is 135 Å². The third-order valence-electron chi connectivity index (χ3n) is 3.49. The molecular formula is C15H11F3NO4S-. The van der Waals surface area contributed by atoms with Crippen molar-refractivity contribution < 1.29 is 31.2 Å². The minimum atomic E-state index is -4.80. The molecule has 1 aromatic rings. The molecule has 1 fully saturated rings. The van der Waals surface area contributed by atoms with Crippen molar-refractivity contribution in [1.29, 1.82) is 0 Å². The summed E-state index contributed by atoms with van der Waals surface area (Å²) in [5, 5.41) is 9.02. The van der Waals surface area contributed by atoms with Crippen LogP contribution >= 0.6 is 0 Å². The molecule has 0 amide bonds. The van der Waals surface area contributed by atoms with E-state index in [4.69, 9.17) is 5.41 Å². The van der Waals surface area contributed by atoms with E-state index in [1.807, 2.05) is 0 Å². The number of carbonyl (C=O) groups excluding carboxylic acids is 2. The molecule has 0 heterocycles. The molecule has 24 heavy (non-hydrogen) atoms. The lowest BCUT2D eigenvalue weighted by molar-refractivity contribution is -0.137. The van der Waals surface area contributed by atoms with E-state index in [0.29, 0.717) is 37.3 Å². The van der Waals surface area contributed by atoms with Gasteiger partial charge in [0.05, 0.1) is 16.0 Å². The number of ketones is 2. The molecule has 1 saturated carbocycles. The fourth-order valence-electron chi connectivity index (χ4n) is 2.10. The molecule has 1 aromatic carbocycles. The van der Waals surface area contributed by atoms with Gasteiger partial charge in [0.2, 0.25) is 5.78 Å². The third-order valence-corrected chi connectivity index (χ3v) is 4.62. The lowest BCUT2D eigenvalue weighted by Crippen LogP contribution is -2.19. The summed E-state index contributed by atoms with van der Waals surface area (Å²) >= 11 is 0. The molecule has 0 bridgehead atoms. The predicted octanol–water partition coefficient (Wildman–Crippen LogP) is 2.44. The van der Waals surface area contributed by atoms with Gasteiger partial charge < -0.3 is 5.41 Å². The second-order valence-electron chi connectivity index (χ2n) is 5.44. The summed E-state index contributed by atoms with van der Waals surface area (Å²) in [4.78, 5) is 23.4. The first-order chi connectivity index (χ1) is 11.0. The van der Waals surface area contributed by atoms with Crippen LogP contribution < -0.4 is 0 Å². The van der Waals surface area contributed by atoms with E-state index in [1.54, 1.807) is 0 Å². The number of hydrogen-bond acceptors (Lipinski definition) is 4. The number of benzene rings is 1. The van der Waals surface area contributed by atoms with Crippen molar-refractivity contribution in [1.82, 2.24) is 0 Å². The molecule has 0 aromatic heterocycles. The number of hydrogen-bond donors (Lipinski definition) is 0. The molecule has 0 radical (unpaired) electrons. The van der Waals surface area contributed by atoms with Gasteiger partial charge in [-0.25, -0.2) is 8.42 Å². The quantitative estimate of drug-likeness (QED) is 0.266. The smallest absolute Gasteiger partial charge is 0.416 e. The fraction of sp³-hybridized carbons (Fsp3) is 0.333. The first-order valence-corrected chi connectivity index (χ1v) is 8.63. The highest BCUT2D eigenvalue weighted by Gasteiger charge is 2.37. The molecule has 0 N–H and O–H groups in total. The predicted molar refractivity (Wildman–Crippen MR) is 78.5 cm³/mol. The van der Waals surface area contributed by atoms with Gasteiger partial charge in [0.15, 0.2) is 15.6 Å². The molecule has 5 nitrogen and oxygen atoms in total. The van der Waals surface area contributed by atoms with Crippen molar-refractivity contribution in [3.8, 4) is 0 Å². The average Bonchev–Trinajstić information content (AvgIpc) is 3.29. The number of allylic oxidation sites excluding steroid dienone is 1. The van der Waals surface area contributed by atoms with Crippen LogP contribution in [0.5, 0.6) is 0 Å². The van der Waals surface area contributed by atoms with Gasteiger partial charge in [-0.3, -0.25) is 15.5 Å². The minimum absolute atomic E-state index is 0.333. The fourth-order valence-corrected chi connectivity index (χ4v) is 3.00. The van der Waals surface area contributed by atoms with E-state index >= 15 is 0 Å². The highest BCUT2D eigenvalue weighted by Crippen LogP contribution is 2.35. The SMILES string of the molecule is CS(=O)(=O)c1cc(C(F)(F)F)ccc1C(=O)C(=C=[N-])C(=O)C1CC1. The molecule has 0 atom stereocenters.